The molecule has 0 aliphatic carbocycles. The summed E-state index contributed by atoms with van der Waals surface area (Å²) in [6.45, 7) is 5.05. The lowest BCUT2D eigenvalue weighted by molar-refractivity contribution is 0.414. The number of fused-ring (bicyclic) bond motifs is 1. The van der Waals surface area contributed by atoms with Crippen molar-refractivity contribution in [3.8, 4) is 11.3 Å². The van der Waals surface area contributed by atoms with Gasteiger partial charge in [0, 0.05) is 28.9 Å². The van der Waals surface area contributed by atoms with Crippen LogP contribution in [0.1, 0.15) is 44.2 Å². The minimum atomic E-state index is -0.160. The van der Waals surface area contributed by atoms with Crippen LogP contribution in [0.4, 0.5) is 5.69 Å². The summed E-state index contributed by atoms with van der Waals surface area (Å²) < 4.78 is 1.79. The molecule has 6 heteroatoms. The minimum Gasteiger partial charge on any atom is -0.384 e. The van der Waals surface area contributed by atoms with Crippen LogP contribution in [0.15, 0.2) is 77.6 Å². The molecule has 6 nitrogen and oxygen atoms in total. The van der Waals surface area contributed by atoms with Gasteiger partial charge in [-0.25, -0.2) is 4.98 Å². The maximum atomic E-state index is 13.7. The maximum Gasteiger partial charge on any atom is 0.277 e. The number of benzene rings is 3. The Morgan fingerprint density at radius 1 is 1.00 bits per heavy atom. The number of hydrogen-bond acceptors (Lipinski definition) is 4. The summed E-state index contributed by atoms with van der Waals surface area (Å²) in [6.07, 6.45) is 3.72. The number of anilines is 1. The monoisotopic (exact) mass is 465 g/mol. The Balaban J connectivity index is 1.54. The van der Waals surface area contributed by atoms with E-state index in [0.29, 0.717) is 35.4 Å². The number of para-hydroxylation sites is 2. The van der Waals surface area contributed by atoms with Crippen molar-refractivity contribution in [3.05, 3.63) is 94.3 Å². The number of aromatic nitrogens is 2. The lowest BCUT2D eigenvalue weighted by Crippen LogP contribution is -2.43. The molecule has 0 unspecified atom stereocenters. The Hall–Kier alpha value is -3.93. The van der Waals surface area contributed by atoms with Crippen molar-refractivity contribution in [1.82, 2.24) is 9.55 Å². The van der Waals surface area contributed by atoms with Crippen LogP contribution in [0.5, 0.6) is 0 Å². The van der Waals surface area contributed by atoms with E-state index in [9.17, 15) is 4.79 Å². The van der Waals surface area contributed by atoms with Gasteiger partial charge in [-0.05, 0) is 69.0 Å². The second kappa shape index (κ2) is 9.37. The van der Waals surface area contributed by atoms with Gasteiger partial charge >= 0.3 is 0 Å². The Kier molecular flexibility index (Phi) is 6.12. The van der Waals surface area contributed by atoms with Crippen molar-refractivity contribution in [2.75, 3.05) is 4.90 Å². The molecule has 178 valence electrons. The lowest BCUT2D eigenvalue weighted by Gasteiger charge is -2.41. The van der Waals surface area contributed by atoms with Crippen molar-refractivity contribution < 1.29 is 0 Å². The van der Waals surface area contributed by atoms with Crippen molar-refractivity contribution in [3.63, 3.8) is 0 Å². The fourth-order valence-electron chi connectivity index (χ4n) is 5.26. The summed E-state index contributed by atoms with van der Waals surface area (Å²) in [6, 6.07) is 24.5. The first kappa shape index (κ1) is 22.8. The van der Waals surface area contributed by atoms with Crippen LogP contribution in [0.3, 0.4) is 0 Å². The van der Waals surface area contributed by atoms with E-state index in [-0.39, 0.29) is 11.4 Å². The first-order chi connectivity index (χ1) is 16.9. The minimum absolute atomic E-state index is 0.0367. The van der Waals surface area contributed by atoms with E-state index in [1.54, 1.807) is 22.8 Å². The Bertz CT molecular complexity index is 1430. The highest BCUT2D eigenvalue weighted by Gasteiger charge is 2.24. The summed E-state index contributed by atoms with van der Waals surface area (Å²) >= 11 is 0. The average molecular weight is 466 g/mol. The molecule has 1 fully saturated rings. The van der Waals surface area contributed by atoms with E-state index in [1.165, 1.54) is 24.9 Å². The van der Waals surface area contributed by atoms with Crippen molar-refractivity contribution in [2.24, 2.45) is 5.73 Å². The molecule has 3 aromatic carbocycles. The molecule has 35 heavy (non-hydrogen) atoms. The number of nitrogens with zero attached hydrogens (tertiary/aromatic N) is 3. The highest BCUT2D eigenvalue weighted by molar-refractivity contribution is 5.96. The van der Waals surface area contributed by atoms with E-state index in [1.807, 2.05) is 30.3 Å². The van der Waals surface area contributed by atoms with Crippen LogP contribution in [0.2, 0.25) is 0 Å². The Labute approximate surface area is 205 Å². The largest absolute Gasteiger partial charge is 0.384 e. The average Bonchev–Trinajstić information content (AvgIpc) is 2.86. The normalized spacial score (nSPS) is 18.1. The fraction of sp³-hybridized carbons (Fsp3) is 0.276. The molecule has 1 aromatic heterocycles. The summed E-state index contributed by atoms with van der Waals surface area (Å²) in [5.41, 5.74) is 11.0. The molecule has 3 N–H and O–H groups in total. The van der Waals surface area contributed by atoms with Crippen LogP contribution in [0.25, 0.3) is 22.3 Å². The summed E-state index contributed by atoms with van der Waals surface area (Å²) in [5.74, 6) is -0.0367. The fourth-order valence-corrected chi connectivity index (χ4v) is 5.26. The van der Waals surface area contributed by atoms with Gasteiger partial charge in [-0.15, -0.1) is 0 Å². The zero-order valence-electron chi connectivity index (χ0n) is 20.2. The first-order valence-corrected chi connectivity index (χ1v) is 12.2. The number of nitrogens with two attached hydrogens (primary N) is 1. The molecular formula is C29H31N5O. The molecular weight excluding hydrogens is 434 g/mol. The van der Waals surface area contributed by atoms with Gasteiger partial charge in [-0.2, -0.15) is 0 Å². The number of hydrogen-bond donors (Lipinski definition) is 2. The molecule has 2 atom stereocenters. The standard InChI is InChI=1S/C29H31N5O/c1-19-7-5-8-20(2)34(19)24-15-13-21(14-16-24)18-33-26-12-4-3-11-25(26)32-27(29(33)35)22-9-6-10-23(17-22)28(30)31/h3-4,6,9-17,19-20H,5,7-8,18H2,1-2H3,(H3,30,31)/t19-,20+. The smallest absolute Gasteiger partial charge is 0.277 e. The van der Waals surface area contributed by atoms with Gasteiger partial charge < -0.3 is 15.2 Å². The van der Waals surface area contributed by atoms with E-state index in [2.05, 4.69) is 48.0 Å². The van der Waals surface area contributed by atoms with Crippen LogP contribution in [-0.2, 0) is 6.54 Å². The summed E-state index contributed by atoms with van der Waals surface area (Å²) in [5, 5.41) is 7.76. The molecule has 0 spiro atoms. The van der Waals surface area contributed by atoms with Gasteiger partial charge in [-0.1, -0.05) is 42.5 Å². The van der Waals surface area contributed by atoms with Gasteiger partial charge in [0.05, 0.1) is 17.6 Å². The van der Waals surface area contributed by atoms with Gasteiger partial charge in [0.2, 0.25) is 0 Å². The zero-order valence-corrected chi connectivity index (χ0v) is 20.2. The Morgan fingerprint density at radius 3 is 2.43 bits per heavy atom. The van der Waals surface area contributed by atoms with E-state index < -0.39 is 0 Å². The topological polar surface area (TPSA) is 88.0 Å². The van der Waals surface area contributed by atoms with Crippen LogP contribution in [0, 0.1) is 5.41 Å². The van der Waals surface area contributed by atoms with E-state index in [0.717, 1.165) is 16.6 Å². The molecule has 1 saturated heterocycles. The van der Waals surface area contributed by atoms with Crippen LogP contribution in [-0.4, -0.2) is 27.5 Å². The molecule has 2 heterocycles. The number of amidine groups is 1. The molecule has 1 aliphatic heterocycles. The predicted octanol–water partition coefficient (Wildman–Crippen LogP) is 5.16. The molecule has 0 radical (unpaired) electrons. The summed E-state index contributed by atoms with van der Waals surface area (Å²) in [4.78, 5) is 20.9. The van der Waals surface area contributed by atoms with Crippen molar-refractivity contribution >= 4 is 22.6 Å². The highest BCUT2D eigenvalue weighted by Crippen LogP contribution is 2.29. The second-order valence-corrected chi connectivity index (χ2v) is 9.54. The highest BCUT2D eigenvalue weighted by atomic mass is 16.1. The quantitative estimate of drug-likeness (QED) is 0.315. The number of piperidine rings is 1. The number of nitrogens with one attached hydrogen (secondary N) is 1. The van der Waals surface area contributed by atoms with Gasteiger partial charge in [-0.3, -0.25) is 10.2 Å². The molecule has 5 rings (SSSR count). The molecule has 0 saturated carbocycles. The SMILES string of the molecule is C[C@@H]1CCC[C@H](C)N1c1ccc(Cn2c(=O)c(-c3cccc(C(=N)N)c3)nc3ccccc32)cc1. The second-order valence-electron chi connectivity index (χ2n) is 9.54. The zero-order chi connectivity index (χ0) is 24.5. The Morgan fingerprint density at radius 2 is 1.71 bits per heavy atom. The van der Waals surface area contributed by atoms with Crippen molar-refractivity contribution in [1.29, 1.82) is 5.41 Å². The van der Waals surface area contributed by atoms with Crippen LogP contribution < -0.4 is 16.2 Å². The third-order valence-corrected chi connectivity index (χ3v) is 7.07. The predicted molar refractivity (Wildman–Crippen MR) is 143 cm³/mol. The molecule has 0 bridgehead atoms. The summed E-state index contributed by atoms with van der Waals surface area (Å²) in [7, 11) is 0. The van der Waals surface area contributed by atoms with Gasteiger partial charge in [0.1, 0.15) is 11.5 Å². The maximum absolute atomic E-state index is 13.7. The van der Waals surface area contributed by atoms with Gasteiger partial charge in [0.25, 0.3) is 5.56 Å². The van der Waals surface area contributed by atoms with Gasteiger partial charge in [0.15, 0.2) is 0 Å². The van der Waals surface area contributed by atoms with Crippen molar-refractivity contribution in [2.45, 2.75) is 51.7 Å². The first-order valence-electron chi connectivity index (χ1n) is 12.2. The molecule has 1 aliphatic rings. The van der Waals surface area contributed by atoms with E-state index >= 15 is 0 Å². The lowest BCUT2D eigenvalue weighted by atomic mass is 9.96. The third kappa shape index (κ3) is 4.44. The molecule has 0 amide bonds. The molecule has 4 aromatic rings. The van der Waals surface area contributed by atoms with Crippen LogP contribution >= 0.6 is 0 Å². The van der Waals surface area contributed by atoms with E-state index in [4.69, 9.17) is 11.1 Å². The number of nitrogen functional groups attached to an aromatic ring is 1. The number of rotatable bonds is 5. The third-order valence-electron chi connectivity index (χ3n) is 7.07.